The van der Waals surface area contributed by atoms with Gasteiger partial charge in [0.25, 0.3) is 5.91 Å². The van der Waals surface area contributed by atoms with E-state index in [1.165, 1.54) is 11.0 Å². The van der Waals surface area contributed by atoms with E-state index in [9.17, 15) is 24.0 Å². The zero-order chi connectivity index (χ0) is 35.9. The van der Waals surface area contributed by atoms with E-state index in [4.69, 9.17) is 0 Å². The molecule has 1 heterocycles. The number of urea groups is 1. The second-order valence-electron chi connectivity index (χ2n) is 14.9. The molecule has 12 nitrogen and oxygen atoms in total. The predicted molar refractivity (Wildman–Crippen MR) is 192 cm³/mol. The summed E-state index contributed by atoms with van der Waals surface area (Å²) in [7, 11) is 0. The average molecular weight is 683 g/mol. The molecule has 0 spiro atoms. The molecular formula is C34H64N7O5S+. The highest BCUT2D eigenvalue weighted by Crippen LogP contribution is 2.26. The van der Waals surface area contributed by atoms with Crippen molar-refractivity contribution in [2.75, 3.05) is 32.7 Å². The molecule has 270 valence electrons. The van der Waals surface area contributed by atoms with Gasteiger partial charge in [-0.05, 0) is 43.9 Å². The number of nitrogens with zero attached hydrogens (tertiary/aromatic N) is 2. The minimum absolute atomic E-state index is 0.140. The molecular weight excluding hydrogens is 618 g/mol. The van der Waals surface area contributed by atoms with Crippen LogP contribution in [0.1, 0.15) is 101 Å². The van der Waals surface area contributed by atoms with Crippen LogP contribution < -0.4 is 26.6 Å². The lowest BCUT2D eigenvalue weighted by Gasteiger charge is -2.37. The first kappa shape index (κ1) is 42.4. The zero-order valence-corrected chi connectivity index (χ0v) is 31.4. The fourth-order valence-electron chi connectivity index (χ4n) is 5.27. The molecule has 13 heteroatoms. The number of nitrogens with one attached hydrogen (secondary N) is 5. The average Bonchev–Trinajstić information content (AvgIpc) is 3.48. The molecule has 1 saturated heterocycles. The van der Waals surface area contributed by atoms with E-state index < -0.39 is 47.2 Å². The molecule has 0 aromatic carbocycles. The van der Waals surface area contributed by atoms with E-state index in [0.29, 0.717) is 44.8 Å². The van der Waals surface area contributed by atoms with Crippen LogP contribution in [-0.4, -0.2) is 102 Å². The number of hydrogen-bond donors (Lipinski definition) is 5. The highest BCUT2D eigenvalue weighted by atomic mass is 32.1. The van der Waals surface area contributed by atoms with Crippen LogP contribution in [0.4, 0.5) is 4.79 Å². The third-order valence-corrected chi connectivity index (χ3v) is 9.18. The summed E-state index contributed by atoms with van der Waals surface area (Å²) >= 11 is 3.61. The molecule has 1 unspecified atom stereocenters. The lowest BCUT2D eigenvalue weighted by atomic mass is 9.85. The van der Waals surface area contributed by atoms with Crippen molar-refractivity contribution >= 4 is 42.4 Å². The van der Waals surface area contributed by atoms with Crippen LogP contribution in [0.15, 0.2) is 12.7 Å². The summed E-state index contributed by atoms with van der Waals surface area (Å²) in [6.07, 6.45) is 5.24. The maximum atomic E-state index is 14.1. The van der Waals surface area contributed by atoms with E-state index in [1.807, 2.05) is 48.5 Å². The van der Waals surface area contributed by atoms with Crippen LogP contribution in [-0.2, 0) is 32.0 Å². The molecule has 5 amide bonds. The van der Waals surface area contributed by atoms with E-state index in [0.717, 1.165) is 25.9 Å². The molecule has 1 aliphatic heterocycles. The second-order valence-corrected chi connectivity index (χ2v) is 15.5. The van der Waals surface area contributed by atoms with Crippen LogP contribution >= 0.6 is 0 Å². The van der Waals surface area contributed by atoms with Crippen molar-refractivity contribution in [2.24, 2.45) is 10.8 Å². The van der Waals surface area contributed by atoms with E-state index in [1.54, 1.807) is 0 Å². The first-order valence-electron chi connectivity index (χ1n) is 17.1. The number of Topliss-reactive ketones (excluding diaryl/α,β-unsaturated/α-hetero) is 1. The van der Waals surface area contributed by atoms with Gasteiger partial charge in [0.15, 0.2) is 0 Å². The normalized spacial score (nSPS) is 17.2. The van der Waals surface area contributed by atoms with Gasteiger partial charge in [-0.15, -0.1) is 10.9 Å². The zero-order valence-electron chi connectivity index (χ0n) is 30.4. The Kier molecular flexibility index (Phi) is 18.0. The minimum Gasteiger partial charge on any atom is -0.346 e. The van der Waals surface area contributed by atoms with Gasteiger partial charge in [-0.1, -0.05) is 73.8 Å². The summed E-state index contributed by atoms with van der Waals surface area (Å²) < 4.78 is 2.05. The fourth-order valence-corrected chi connectivity index (χ4v) is 5.38. The maximum Gasteiger partial charge on any atom is 0.315 e. The number of ketones is 1. The standard InChI is InChI=1S/C34H63N7O5S/c1-11-13-14-16-24(27(42)30(44)36-18-12-2)37-29(43)25-17-15-20-40(25)31(45)28(34(8,9)10)39-32(46)38-26(33(5,6)7)22-35-19-21-41(47)23(3)4/h12,23-26,28,35,47H,2,11,13-22H2,1,3-10H3,(H,36,44)(H,37,43)(H2,38,39,46)/p+1/t24?,25-,26+,28+/m0/s1. The maximum absolute atomic E-state index is 14.1. The summed E-state index contributed by atoms with van der Waals surface area (Å²) in [5.74, 6) is -2.33. The largest absolute Gasteiger partial charge is 0.346 e. The highest BCUT2D eigenvalue weighted by molar-refractivity contribution is 7.55. The Labute approximate surface area is 288 Å². The van der Waals surface area contributed by atoms with Crippen LogP contribution in [0.2, 0.25) is 0 Å². The molecule has 0 radical (unpaired) electrons. The van der Waals surface area contributed by atoms with Gasteiger partial charge in [-0.2, -0.15) is 0 Å². The lowest BCUT2D eigenvalue weighted by Crippen LogP contribution is -2.61. The van der Waals surface area contributed by atoms with E-state index >= 15 is 0 Å². The van der Waals surface area contributed by atoms with Crippen LogP contribution in [0, 0.1) is 10.8 Å². The minimum atomic E-state index is -0.996. The number of likely N-dealkylation sites (tertiary alicyclic amines) is 1. The summed E-state index contributed by atoms with van der Waals surface area (Å²) in [5, 5.41) is 14.7. The first-order chi connectivity index (χ1) is 21.8. The van der Waals surface area contributed by atoms with Crippen molar-refractivity contribution in [1.82, 2.24) is 35.8 Å². The molecule has 0 bridgehead atoms. The Morgan fingerprint density at radius 1 is 1.00 bits per heavy atom. The molecule has 5 N–H and O–H groups in total. The molecule has 0 aromatic heterocycles. The van der Waals surface area contributed by atoms with Gasteiger partial charge in [-0.3, -0.25) is 19.2 Å². The van der Waals surface area contributed by atoms with E-state index in [2.05, 4.69) is 64.1 Å². The summed E-state index contributed by atoms with van der Waals surface area (Å²) in [6, 6.07) is -3.06. The predicted octanol–water partition coefficient (Wildman–Crippen LogP) is 2.27. The summed E-state index contributed by atoms with van der Waals surface area (Å²) in [6.45, 7) is 24.1. The van der Waals surface area contributed by atoms with Crippen LogP contribution in [0.5, 0.6) is 0 Å². The third-order valence-electron chi connectivity index (χ3n) is 8.44. The number of amides is 5. The van der Waals surface area contributed by atoms with Gasteiger partial charge in [0.2, 0.25) is 17.6 Å². The van der Waals surface area contributed by atoms with Crippen molar-refractivity contribution in [1.29, 1.82) is 0 Å². The van der Waals surface area contributed by atoms with Gasteiger partial charge < -0.3 is 31.5 Å². The van der Waals surface area contributed by atoms with Crippen molar-refractivity contribution in [3.8, 4) is 0 Å². The van der Waals surface area contributed by atoms with Crippen molar-refractivity contribution < 1.29 is 24.0 Å². The Balaban J connectivity index is 3.05. The second kappa shape index (κ2) is 20.0. The molecule has 47 heavy (non-hydrogen) atoms. The molecule has 0 aromatic rings. The lowest BCUT2D eigenvalue weighted by molar-refractivity contribution is -0.143. The van der Waals surface area contributed by atoms with Crippen molar-refractivity contribution in [2.45, 2.75) is 131 Å². The van der Waals surface area contributed by atoms with Crippen LogP contribution in [0.25, 0.3) is 0 Å². The topological polar surface area (TPSA) is 152 Å². The quantitative estimate of drug-likeness (QED) is 0.0607. The van der Waals surface area contributed by atoms with Gasteiger partial charge >= 0.3 is 6.03 Å². The Hall–Kier alpha value is -2.64. The molecule has 1 aliphatic rings. The van der Waals surface area contributed by atoms with Gasteiger partial charge in [0.1, 0.15) is 12.1 Å². The Bertz CT molecular complexity index is 1060. The van der Waals surface area contributed by atoms with Gasteiger partial charge in [0, 0.05) is 51.1 Å². The molecule has 1 fully saturated rings. The summed E-state index contributed by atoms with van der Waals surface area (Å²) in [5.41, 5.74) is -0.922. The number of carbonyl (C=O) groups excluding carboxylic acids is 5. The van der Waals surface area contributed by atoms with Crippen molar-refractivity contribution in [3.63, 3.8) is 0 Å². The fraction of sp³-hybridized carbons (Fsp3) is 0.794. The molecule has 0 aliphatic carbocycles. The SMILES string of the molecule is C=CCNC(=O)C(=O)C(CCCCC)NC(=O)[C@@H]1CCCN1C(=O)[C@@H](NC(=O)N[C@H](CNCCN([SH2+])C(C)C)C(C)(C)C)C(C)(C)C. The smallest absolute Gasteiger partial charge is 0.315 e. The third kappa shape index (κ3) is 14.6. The monoisotopic (exact) mass is 682 g/mol. The number of hydrogen-bond acceptors (Lipinski definition) is 7. The number of unbranched alkanes of at least 4 members (excludes halogenated alkanes) is 2. The number of rotatable bonds is 19. The van der Waals surface area contributed by atoms with Gasteiger partial charge in [-0.25, -0.2) is 4.79 Å². The van der Waals surface area contributed by atoms with Crippen LogP contribution in [0.3, 0.4) is 0 Å². The molecule has 0 saturated carbocycles. The Morgan fingerprint density at radius 3 is 2.21 bits per heavy atom. The van der Waals surface area contributed by atoms with Crippen molar-refractivity contribution in [3.05, 3.63) is 12.7 Å². The summed E-state index contributed by atoms with van der Waals surface area (Å²) in [4.78, 5) is 67.9. The van der Waals surface area contributed by atoms with E-state index in [-0.39, 0.29) is 23.9 Å². The van der Waals surface area contributed by atoms with Gasteiger partial charge in [0.05, 0.1) is 12.6 Å². The molecule has 4 atom stereocenters. The first-order valence-corrected chi connectivity index (χ1v) is 17.6. The number of carbonyl (C=O) groups is 5. The Morgan fingerprint density at radius 2 is 1.66 bits per heavy atom. The highest BCUT2D eigenvalue weighted by Gasteiger charge is 2.43. The molecule has 1 rings (SSSR count).